The second-order valence-electron chi connectivity index (χ2n) is 5.12. The van der Waals surface area contributed by atoms with E-state index in [1.165, 1.54) is 39.4 Å². The van der Waals surface area contributed by atoms with E-state index < -0.39 is 15.9 Å². The molecule has 0 aliphatic carbocycles. The van der Waals surface area contributed by atoms with Crippen LogP contribution in [0.2, 0.25) is 5.02 Å². The highest BCUT2D eigenvalue weighted by molar-refractivity contribution is 7.89. The first-order valence-corrected chi connectivity index (χ1v) is 8.75. The molecule has 0 radical (unpaired) electrons. The Kier molecular flexibility index (Phi) is 5.48. The average molecular weight is 369 g/mol. The van der Waals surface area contributed by atoms with Crippen molar-refractivity contribution in [2.75, 3.05) is 26.5 Å². The van der Waals surface area contributed by atoms with Crippen LogP contribution in [-0.4, -0.2) is 39.8 Å². The highest BCUT2D eigenvalue weighted by Gasteiger charge is 2.23. The molecule has 24 heavy (non-hydrogen) atoms. The Bertz CT molecular complexity index is 866. The van der Waals surface area contributed by atoms with Gasteiger partial charge in [0.15, 0.2) is 0 Å². The summed E-state index contributed by atoms with van der Waals surface area (Å²) in [7, 11) is 0.515. The number of amides is 1. The van der Waals surface area contributed by atoms with Crippen molar-refractivity contribution < 1.29 is 17.9 Å². The summed E-state index contributed by atoms with van der Waals surface area (Å²) in [6, 6.07) is 10.9. The van der Waals surface area contributed by atoms with Crippen molar-refractivity contribution >= 4 is 33.2 Å². The number of nitrogens with one attached hydrogen (secondary N) is 1. The number of methoxy groups -OCH3 is 1. The van der Waals surface area contributed by atoms with Crippen molar-refractivity contribution in [3.63, 3.8) is 0 Å². The average Bonchev–Trinajstić information content (AvgIpc) is 2.54. The molecule has 0 aromatic heterocycles. The fourth-order valence-electron chi connectivity index (χ4n) is 1.99. The van der Waals surface area contributed by atoms with E-state index in [2.05, 4.69) is 5.32 Å². The molecular formula is C16H17ClN2O4S. The molecule has 0 unspecified atom stereocenters. The standard InChI is InChI=1S/C16H17ClN2O4S/c1-19(2)24(21,22)15-10-13(7-8-14(15)23-3)18-16(20)11-5-4-6-12(17)9-11/h4-10H,1-3H3,(H,18,20). The Morgan fingerprint density at radius 1 is 1.17 bits per heavy atom. The minimum Gasteiger partial charge on any atom is -0.495 e. The van der Waals surface area contributed by atoms with Gasteiger partial charge >= 0.3 is 0 Å². The van der Waals surface area contributed by atoms with Gasteiger partial charge in [0.25, 0.3) is 5.91 Å². The first-order valence-electron chi connectivity index (χ1n) is 6.93. The molecule has 2 aromatic carbocycles. The van der Waals surface area contributed by atoms with E-state index in [-0.39, 0.29) is 10.6 Å². The quantitative estimate of drug-likeness (QED) is 0.880. The molecule has 8 heteroatoms. The summed E-state index contributed by atoms with van der Waals surface area (Å²) in [6.45, 7) is 0. The van der Waals surface area contributed by atoms with Gasteiger partial charge in [-0.1, -0.05) is 17.7 Å². The molecule has 0 aliphatic heterocycles. The fourth-order valence-corrected chi connectivity index (χ4v) is 3.25. The number of hydrogen-bond acceptors (Lipinski definition) is 4. The van der Waals surface area contributed by atoms with Crippen LogP contribution in [-0.2, 0) is 10.0 Å². The molecule has 0 saturated heterocycles. The lowest BCUT2D eigenvalue weighted by atomic mass is 10.2. The number of carbonyl (C=O) groups is 1. The Morgan fingerprint density at radius 3 is 2.46 bits per heavy atom. The maximum Gasteiger partial charge on any atom is 0.255 e. The maximum atomic E-state index is 12.4. The monoisotopic (exact) mass is 368 g/mol. The number of rotatable bonds is 5. The number of benzene rings is 2. The zero-order valence-corrected chi connectivity index (χ0v) is 15.0. The number of halogens is 1. The zero-order valence-electron chi connectivity index (χ0n) is 13.4. The Labute approximate surface area is 146 Å². The number of carbonyl (C=O) groups excluding carboxylic acids is 1. The third kappa shape index (κ3) is 3.87. The van der Waals surface area contributed by atoms with Gasteiger partial charge in [0.1, 0.15) is 10.6 Å². The largest absolute Gasteiger partial charge is 0.495 e. The molecule has 0 bridgehead atoms. The SMILES string of the molecule is COc1ccc(NC(=O)c2cccc(Cl)c2)cc1S(=O)(=O)N(C)C. The van der Waals surface area contributed by atoms with Gasteiger partial charge in [0, 0.05) is 30.4 Å². The molecule has 2 rings (SSSR count). The van der Waals surface area contributed by atoms with Crippen molar-refractivity contribution in [2.24, 2.45) is 0 Å². The van der Waals surface area contributed by atoms with E-state index in [1.807, 2.05) is 0 Å². The first kappa shape index (κ1) is 18.3. The predicted octanol–water partition coefficient (Wildman–Crippen LogP) is 2.85. The first-order chi connectivity index (χ1) is 11.3. The summed E-state index contributed by atoms with van der Waals surface area (Å²) in [5.74, 6) is -0.194. The van der Waals surface area contributed by atoms with Crippen molar-refractivity contribution in [3.05, 3.63) is 53.1 Å². The van der Waals surface area contributed by atoms with Gasteiger partial charge in [0.2, 0.25) is 10.0 Å². The van der Waals surface area contributed by atoms with Crippen LogP contribution < -0.4 is 10.1 Å². The summed E-state index contributed by atoms with van der Waals surface area (Å²) in [4.78, 5) is 12.2. The van der Waals surface area contributed by atoms with E-state index in [4.69, 9.17) is 16.3 Å². The molecular weight excluding hydrogens is 352 g/mol. The van der Waals surface area contributed by atoms with Crippen LogP contribution in [0.15, 0.2) is 47.4 Å². The molecule has 0 atom stereocenters. The van der Waals surface area contributed by atoms with Gasteiger partial charge in [-0.05, 0) is 36.4 Å². The summed E-state index contributed by atoms with van der Waals surface area (Å²) in [6.07, 6.45) is 0. The van der Waals surface area contributed by atoms with Crippen LogP contribution in [0.3, 0.4) is 0 Å². The maximum absolute atomic E-state index is 12.4. The van der Waals surface area contributed by atoms with Crippen molar-refractivity contribution in [3.8, 4) is 5.75 Å². The summed E-state index contributed by atoms with van der Waals surface area (Å²) < 4.78 is 30.9. The van der Waals surface area contributed by atoms with Crippen molar-refractivity contribution in [2.45, 2.75) is 4.90 Å². The third-order valence-corrected chi connectivity index (χ3v) is 5.34. The molecule has 0 fully saturated rings. The number of sulfonamides is 1. The van der Waals surface area contributed by atoms with Gasteiger partial charge in [-0.3, -0.25) is 4.79 Å². The van der Waals surface area contributed by atoms with Crippen LogP contribution in [0.1, 0.15) is 10.4 Å². The molecule has 0 aliphatic rings. The second-order valence-corrected chi connectivity index (χ2v) is 7.67. The lowest BCUT2D eigenvalue weighted by molar-refractivity contribution is 0.102. The van der Waals surface area contributed by atoms with Gasteiger partial charge in [-0.2, -0.15) is 0 Å². The molecule has 0 saturated carbocycles. The minimum atomic E-state index is -3.71. The Morgan fingerprint density at radius 2 is 1.88 bits per heavy atom. The van der Waals surface area contributed by atoms with Gasteiger partial charge < -0.3 is 10.1 Å². The van der Waals surface area contributed by atoms with Crippen LogP contribution in [0.25, 0.3) is 0 Å². The number of ether oxygens (including phenoxy) is 1. The molecule has 6 nitrogen and oxygen atoms in total. The Hall–Kier alpha value is -2.09. The summed E-state index contributed by atoms with van der Waals surface area (Å²) in [5.41, 5.74) is 0.705. The summed E-state index contributed by atoms with van der Waals surface area (Å²) >= 11 is 5.87. The van der Waals surface area contributed by atoms with Crippen LogP contribution in [0.5, 0.6) is 5.75 Å². The molecule has 128 valence electrons. The lowest BCUT2D eigenvalue weighted by Gasteiger charge is -2.16. The molecule has 1 N–H and O–H groups in total. The highest BCUT2D eigenvalue weighted by Crippen LogP contribution is 2.29. The topological polar surface area (TPSA) is 75.7 Å². The molecule has 0 spiro atoms. The van der Waals surface area contributed by atoms with Crippen LogP contribution in [0, 0.1) is 0 Å². The van der Waals surface area contributed by atoms with E-state index in [0.29, 0.717) is 16.3 Å². The zero-order chi connectivity index (χ0) is 17.9. The highest BCUT2D eigenvalue weighted by atomic mass is 35.5. The van der Waals surface area contributed by atoms with Crippen molar-refractivity contribution in [1.82, 2.24) is 4.31 Å². The smallest absolute Gasteiger partial charge is 0.255 e. The third-order valence-electron chi connectivity index (χ3n) is 3.27. The minimum absolute atomic E-state index is 0.0288. The van der Waals surface area contributed by atoms with Crippen molar-refractivity contribution in [1.29, 1.82) is 0 Å². The number of anilines is 1. The predicted molar refractivity (Wildman–Crippen MR) is 93.3 cm³/mol. The van der Waals surface area contributed by atoms with Gasteiger partial charge in [-0.25, -0.2) is 12.7 Å². The fraction of sp³-hybridized carbons (Fsp3) is 0.188. The van der Waals surface area contributed by atoms with Crippen LogP contribution >= 0.6 is 11.6 Å². The summed E-state index contributed by atoms with van der Waals surface area (Å²) in [5, 5.41) is 3.09. The van der Waals surface area contributed by atoms with Crippen LogP contribution in [0.4, 0.5) is 5.69 Å². The second kappa shape index (κ2) is 7.21. The van der Waals surface area contributed by atoms with E-state index in [1.54, 1.807) is 24.3 Å². The Balaban J connectivity index is 2.37. The normalized spacial score (nSPS) is 11.4. The van der Waals surface area contributed by atoms with E-state index >= 15 is 0 Å². The van der Waals surface area contributed by atoms with E-state index in [9.17, 15) is 13.2 Å². The lowest BCUT2D eigenvalue weighted by Crippen LogP contribution is -2.23. The molecule has 0 heterocycles. The van der Waals surface area contributed by atoms with Gasteiger partial charge in [-0.15, -0.1) is 0 Å². The molecule has 1 amide bonds. The van der Waals surface area contributed by atoms with E-state index in [0.717, 1.165) is 4.31 Å². The number of nitrogens with zero attached hydrogens (tertiary/aromatic N) is 1. The molecule has 2 aromatic rings. The number of hydrogen-bond donors (Lipinski definition) is 1. The van der Waals surface area contributed by atoms with Gasteiger partial charge in [0.05, 0.1) is 7.11 Å².